The third-order valence-electron chi connectivity index (χ3n) is 2.96. The minimum atomic E-state index is -0.0833. The van der Waals surface area contributed by atoms with Crippen LogP contribution in [-0.4, -0.2) is 16.2 Å². The summed E-state index contributed by atoms with van der Waals surface area (Å²) in [7, 11) is 0. The molecule has 1 aromatic rings. The number of nitrogens with one attached hydrogen (secondary N) is 2. The van der Waals surface area contributed by atoms with E-state index >= 15 is 0 Å². The number of nitrogens with zero attached hydrogens (tertiary/aromatic N) is 1. The molecule has 3 rings (SSSR count). The summed E-state index contributed by atoms with van der Waals surface area (Å²) in [5.41, 5.74) is 2.10. The number of fused-ring (bicyclic) bond motifs is 4. The van der Waals surface area contributed by atoms with E-state index in [0.29, 0.717) is 12.1 Å². The number of hydrogen-bond donors (Lipinski definition) is 2. The summed E-state index contributed by atoms with van der Waals surface area (Å²) >= 11 is 0. The molecule has 0 amide bonds. The van der Waals surface area contributed by atoms with E-state index in [0.717, 1.165) is 24.1 Å². The van der Waals surface area contributed by atoms with Gasteiger partial charge in [-0.1, -0.05) is 0 Å². The number of H-pyrrole nitrogens is 1. The molecule has 2 aliphatic heterocycles. The Kier molecular flexibility index (Phi) is 1.35. The van der Waals surface area contributed by atoms with E-state index < -0.39 is 0 Å². The quantitative estimate of drug-likeness (QED) is 0.591. The Labute approximate surface area is 75.4 Å². The molecule has 0 aliphatic carbocycles. The van der Waals surface area contributed by atoms with Gasteiger partial charge in [0.2, 0.25) is 0 Å². The van der Waals surface area contributed by atoms with Gasteiger partial charge >= 0.3 is 0 Å². The van der Waals surface area contributed by atoms with Gasteiger partial charge in [0.25, 0.3) is 5.56 Å². The smallest absolute Gasteiger partial charge is 0.264 e. The van der Waals surface area contributed by atoms with Crippen LogP contribution in [-0.2, 0) is 6.42 Å². The van der Waals surface area contributed by atoms with Crippen LogP contribution in [0.2, 0.25) is 0 Å². The zero-order valence-corrected chi connectivity index (χ0v) is 7.21. The SMILES string of the molecule is O=c1cc2c(n[nH]1)[C@H]1CC[C@@H](C2)N1. The number of aromatic nitrogens is 2. The molecule has 13 heavy (non-hydrogen) atoms. The molecule has 2 atom stereocenters. The molecule has 4 heteroatoms. The molecule has 0 unspecified atom stereocenters. The van der Waals surface area contributed by atoms with E-state index in [1.54, 1.807) is 6.07 Å². The standard InChI is InChI=1S/C9H11N3O/c13-8-4-5-3-6-1-2-7(10-6)9(5)12-11-8/h4,6-7,10H,1-3H2,(H,11,13)/t6-,7+/m0/s1. The lowest BCUT2D eigenvalue weighted by Crippen LogP contribution is -2.34. The number of rotatable bonds is 0. The summed E-state index contributed by atoms with van der Waals surface area (Å²) in [4.78, 5) is 11.0. The van der Waals surface area contributed by atoms with Gasteiger partial charge in [0.05, 0.1) is 11.7 Å². The van der Waals surface area contributed by atoms with Gasteiger partial charge in [-0.25, -0.2) is 5.10 Å². The van der Waals surface area contributed by atoms with E-state index in [-0.39, 0.29) is 5.56 Å². The molecule has 2 N–H and O–H groups in total. The second-order valence-electron chi connectivity index (χ2n) is 3.84. The summed E-state index contributed by atoms with van der Waals surface area (Å²) in [6.07, 6.45) is 3.31. The Morgan fingerprint density at radius 2 is 2.38 bits per heavy atom. The average Bonchev–Trinajstić information content (AvgIpc) is 2.48. The molecule has 2 bridgehead atoms. The Balaban J connectivity index is 2.17. The van der Waals surface area contributed by atoms with Crippen LogP contribution in [0, 0.1) is 0 Å². The van der Waals surface area contributed by atoms with Gasteiger partial charge in [0.1, 0.15) is 0 Å². The third kappa shape index (κ3) is 1.02. The van der Waals surface area contributed by atoms with Crippen molar-refractivity contribution in [3.63, 3.8) is 0 Å². The van der Waals surface area contributed by atoms with Gasteiger partial charge in [-0.2, -0.15) is 5.10 Å². The molecule has 0 spiro atoms. The van der Waals surface area contributed by atoms with Gasteiger partial charge in [-0.3, -0.25) is 4.79 Å². The monoisotopic (exact) mass is 177 g/mol. The summed E-state index contributed by atoms with van der Waals surface area (Å²) in [5, 5.41) is 10.1. The van der Waals surface area contributed by atoms with Crippen molar-refractivity contribution in [2.75, 3.05) is 0 Å². The van der Waals surface area contributed by atoms with Gasteiger partial charge < -0.3 is 5.32 Å². The Bertz CT molecular complexity index is 398. The van der Waals surface area contributed by atoms with Crippen molar-refractivity contribution in [3.05, 3.63) is 27.7 Å². The van der Waals surface area contributed by atoms with Crippen LogP contribution in [0.4, 0.5) is 0 Å². The first-order valence-electron chi connectivity index (χ1n) is 4.67. The lowest BCUT2D eigenvalue weighted by molar-refractivity contribution is 0.497. The lowest BCUT2D eigenvalue weighted by Gasteiger charge is -2.22. The topological polar surface area (TPSA) is 57.8 Å². The van der Waals surface area contributed by atoms with Crippen LogP contribution in [0.3, 0.4) is 0 Å². The summed E-state index contributed by atoms with van der Waals surface area (Å²) < 4.78 is 0. The van der Waals surface area contributed by atoms with Crippen molar-refractivity contribution in [1.29, 1.82) is 0 Å². The van der Waals surface area contributed by atoms with Crippen LogP contribution in [0.1, 0.15) is 30.1 Å². The lowest BCUT2D eigenvalue weighted by atomic mass is 10.0. The maximum Gasteiger partial charge on any atom is 0.264 e. The fraction of sp³-hybridized carbons (Fsp3) is 0.556. The maximum absolute atomic E-state index is 11.0. The van der Waals surface area contributed by atoms with Gasteiger partial charge in [-0.15, -0.1) is 0 Å². The van der Waals surface area contributed by atoms with Crippen molar-refractivity contribution in [2.24, 2.45) is 0 Å². The molecular weight excluding hydrogens is 166 g/mol. The number of hydrogen-bond acceptors (Lipinski definition) is 3. The van der Waals surface area contributed by atoms with Gasteiger partial charge in [0, 0.05) is 12.1 Å². The summed E-state index contributed by atoms with van der Waals surface area (Å²) in [5.74, 6) is 0. The molecule has 2 aliphatic rings. The number of aromatic amines is 1. The van der Waals surface area contributed by atoms with Crippen molar-refractivity contribution in [1.82, 2.24) is 15.5 Å². The zero-order valence-electron chi connectivity index (χ0n) is 7.21. The van der Waals surface area contributed by atoms with E-state index in [1.165, 1.54) is 6.42 Å². The molecule has 1 aromatic heterocycles. The van der Waals surface area contributed by atoms with E-state index in [4.69, 9.17) is 0 Å². The van der Waals surface area contributed by atoms with Crippen molar-refractivity contribution < 1.29 is 0 Å². The van der Waals surface area contributed by atoms with Crippen LogP contribution in [0.15, 0.2) is 10.9 Å². The maximum atomic E-state index is 11.0. The predicted molar refractivity (Wildman–Crippen MR) is 47.5 cm³/mol. The minimum Gasteiger partial charge on any atom is -0.305 e. The Hall–Kier alpha value is -1.16. The second-order valence-corrected chi connectivity index (χ2v) is 3.84. The molecule has 68 valence electrons. The largest absolute Gasteiger partial charge is 0.305 e. The normalized spacial score (nSPS) is 30.2. The zero-order chi connectivity index (χ0) is 8.84. The summed E-state index contributed by atoms with van der Waals surface area (Å²) in [6.45, 7) is 0. The van der Waals surface area contributed by atoms with Crippen molar-refractivity contribution in [3.8, 4) is 0 Å². The summed E-state index contributed by atoms with van der Waals surface area (Å²) in [6, 6.07) is 2.64. The first-order chi connectivity index (χ1) is 6.33. The molecule has 0 radical (unpaired) electrons. The fourth-order valence-electron chi connectivity index (χ4n) is 2.38. The van der Waals surface area contributed by atoms with Gasteiger partial charge in [-0.05, 0) is 24.8 Å². The van der Waals surface area contributed by atoms with Crippen LogP contribution in [0.25, 0.3) is 0 Å². The molecular formula is C9H11N3O. The molecule has 1 saturated heterocycles. The molecule has 0 aromatic carbocycles. The van der Waals surface area contributed by atoms with E-state index in [2.05, 4.69) is 15.5 Å². The fourth-order valence-corrected chi connectivity index (χ4v) is 2.38. The van der Waals surface area contributed by atoms with Crippen LogP contribution < -0.4 is 10.9 Å². The van der Waals surface area contributed by atoms with Crippen LogP contribution in [0.5, 0.6) is 0 Å². The Morgan fingerprint density at radius 1 is 1.46 bits per heavy atom. The van der Waals surface area contributed by atoms with Gasteiger partial charge in [0.15, 0.2) is 0 Å². The third-order valence-corrected chi connectivity index (χ3v) is 2.96. The average molecular weight is 177 g/mol. The molecule has 4 nitrogen and oxygen atoms in total. The highest BCUT2D eigenvalue weighted by atomic mass is 16.1. The second kappa shape index (κ2) is 2.42. The first-order valence-corrected chi connectivity index (χ1v) is 4.67. The van der Waals surface area contributed by atoms with Crippen LogP contribution >= 0.6 is 0 Å². The Morgan fingerprint density at radius 3 is 3.31 bits per heavy atom. The van der Waals surface area contributed by atoms with E-state index in [9.17, 15) is 4.79 Å². The molecule has 1 fully saturated rings. The van der Waals surface area contributed by atoms with Crippen molar-refractivity contribution >= 4 is 0 Å². The minimum absolute atomic E-state index is 0.0833. The highest BCUT2D eigenvalue weighted by molar-refractivity contribution is 5.27. The molecule has 3 heterocycles. The predicted octanol–water partition coefficient (Wildman–Crippen LogP) is 0.119. The van der Waals surface area contributed by atoms with Crippen molar-refractivity contribution in [2.45, 2.75) is 31.3 Å². The van der Waals surface area contributed by atoms with E-state index in [1.807, 2.05) is 0 Å². The highest BCUT2D eigenvalue weighted by Gasteiger charge is 2.33. The molecule has 0 saturated carbocycles. The highest BCUT2D eigenvalue weighted by Crippen LogP contribution is 2.33. The first kappa shape index (κ1) is 7.26.